The Morgan fingerprint density at radius 2 is 1.54 bits per heavy atom. The molecule has 0 aliphatic carbocycles. The van der Waals surface area contributed by atoms with Crippen molar-refractivity contribution in [2.75, 3.05) is 34.3 Å². The Kier molecular flexibility index (Phi) is 16.2. The van der Waals surface area contributed by atoms with Crippen LogP contribution in [-0.2, 0) is 46.1 Å². The molecule has 3 fully saturated rings. The average molecular weight is 826 g/mol. The summed E-state index contributed by atoms with van der Waals surface area (Å²) in [7, 11) is 5.34. The molecule has 3 heterocycles. The average Bonchev–Trinajstić information content (AvgIpc) is 3.18. The van der Waals surface area contributed by atoms with Crippen molar-refractivity contribution >= 4 is 11.8 Å². The predicted octanol–water partition coefficient (Wildman–Crippen LogP) is 3.95. The number of carbonyl (C=O) groups excluding carboxylic acids is 2. The molecule has 2 aromatic carbocycles. The predicted molar refractivity (Wildman–Crippen MR) is 224 cm³/mol. The summed E-state index contributed by atoms with van der Waals surface area (Å²) in [6.45, 7) is 13.4. The molecule has 0 aromatic heterocycles. The molecule has 4 unspecified atom stereocenters. The molecule has 4 N–H and O–H groups in total. The quantitative estimate of drug-likeness (QED) is 0.275. The second-order valence-corrected chi connectivity index (χ2v) is 18.3. The first kappa shape index (κ1) is 47.1. The van der Waals surface area contributed by atoms with Gasteiger partial charge in [0.2, 0.25) is 11.8 Å². The molecule has 330 valence electrons. The van der Waals surface area contributed by atoms with Crippen LogP contribution in [0.15, 0.2) is 60.7 Å². The van der Waals surface area contributed by atoms with Gasteiger partial charge in [0.25, 0.3) is 0 Å². The highest BCUT2D eigenvalue weighted by Crippen LogP contribution is 2.39. The molecule has 13 heteroatoms. The van der Waals surface area contributed by atoms with Gasteiger partial charge < -0.3 is 54.1 Å². The van der Waals surface area contributed by atoms with Crippen LogP contribution in [0.4, 0.5) is 0 Å². The highest BCUT2D eigenvalue weighted by molar-refractivity contribution is 5.80. The first-order chi connectivity index (χ1) is 27.8. The number of methoxy groups -OCH3 is 1. The van der Waals surface area contributed by atoms with Crippen molar-refractivity contribution in [2.45, 2.75) is 153 Å². The van der Waals surface area contributed by atoms with Gasteiger partial charge in [0.05, 0.1) is 54.0 Å². The van der Waals surface area contributed by atoms with Crippen LogP contribution in [0.3, 0.4) is 0 Å². The molecular formula is C46H71N3O10. The van der Waals surface area contributed by atoms with Crippen LogP contribution in [0.2, 0.25) is 0 Å². The summed E-state index contributed by atoms with van der Waals surface area (Å²) in [4.78, 5) is 32.7. The Morgan fingerprint density at radius 3 is 2.15 bits per heavy atom. The molecule has 13 nitrogen and oxygen atoms in total. The number of amides is 2. The molecule has 15 atom stereocenters. The Bertz CT molecular complexity index is 1630. The van der Waals surface area contributed by atoms with E-state index in [1.807, 2.05) is 105 Å². The van der Waals surface area contributed by atoms with E-state index in [2.05, 4.69) is 5.32 Å². The molecule has 59 heavy (non-hydrogen) atoms. The van der Waals surface area contributed by atoms with Gasteiger partial charge in [-0.05, 0) is 78.1 Å². The summed E-state index contributed by atoms with van der Waals surface area (Å²) < 4.78 is 32.0. The van der Waals surface area contributed by atoms with Gasteiger partial charge in [-0.3, -0.25) is 9.59 Å². The zero-order chi connectivity index (χ0) is 43.2. The van der Waals surface area contributed by atoms with Crippen LogP contribution in [0.1, 0.15) is 78.9 Å². The number of carbonyl (C=O) groups is 2. The van der Waals surface area contributed by atoms with Gasteiger partial charge in [0.15, 0.2) is 12.6 Å². The molecule has 3 saturated heterocycles. The maximum absolute atomic E-state index is 14.7. The van der Waals surface area contributed by atoms with Gasteiger partial charge in [-0.2, -0.15) is 0 Å². The lowest BCUT2D eigenvalue weighted by Crippen LogP contribution is -2.60. The molecule has 3 aliphatic rings. The zero-order valence-electron chi connectivity index (χ0n) is 36.8. The molecule has 5 rings (SSSR count). The van der Waals surface area contributed by atoms with Crippen LogP contribution in [0.25, 0.3) is 0 Å². The Hall–Kier alpha value is -2.98. The number of aliphatic hydroxyl groups excluding tert-OH is 2. The SMILES string of the molecule is COC1(C)CC(O[C@H]2[C@H](C)[C@@H](OC3O[C@H](C)C[C@H](N(C)C)[C@H]3O)[C@](C)(O)C[C@@H](C)CN(C(=O)Cc3ccccc3)CC(Cc3ccccc3)NC(=O)[C@@H]2C)O[C@@H](C)[C@@H]1O. The van der Waals surface area contributed by atoms with E-state index in [-0.39, 0.29) is 55.7 Å². The fourth-order valence-corrected chi connectivity index (χ4v) is 9.51. The van der Waals surface area contributed by atoms with Gasteiger partial charge in [-0.25, -0.2) is 0 Å². The second kappa shape index (κ2) is 20.3. The van der Waals surface area contributed by atoms with Crippen molar-refractivity contribution in [3.05, 3.63) is 71.8 Å². The van der Waals surface area contributed by atoms with E-state index >= 15 is 0 Å². The van der Waals surface area contributed by atoms with Gasteiger partial charge in [0, 0.05) is 38.6 Å². The third kappa shape index (κ3) is 11.9. The van der Waals surface area contributed by atoms with Crippen LogP contribution >= 0.6 is 0 Å². The van der Waals surface area contributed by atoms with Crippen LogP contribution < -0.4 is 5.32 Å². The largest absolute Gasteiger partial charge is 0.387 e. The number of ether oxygens (including phenoxy) is 5. The summed E-state index contributed by atoms with van der Waals surface area (Å²) >= 11 is 0. The number of benzene rings is 2. The molecule has 2 aromatic rings. The minimum atomic E-state index is -1.57. The molecule has 0 bridgehead atoms. The van der Waals surface area contributed by atoms with Crippen LogP contribution in [-0.4, -0.2) is 144 Å². The smallest absolute Gasteiger partial charge is 0.227 e. The second-order valence-electron chi connectivity index (χ2n) is 18.3. The highest BCUT2D eigenvalue weighted by Gasteiger charge is 2.51. The van der Waals surface area contributed by atoms with E-state index in [4.69, 9.17) is 23.7 Å². The normalized spacial score (nSPS) is 39.1. The summed E-state index contributed by atoms with van der Waals surface area (Å²) in [6.07, 6.45) is -5.16. The first-order valence-electron chi connectivity index (χ1n) is 21.4. The minimum Gasteiger partial charge on any atom is -0.387 e. The Morgan fingerprint density at radius 1 is 0.915 bits per heavy atom. The van der Waals surface area contributed by atoms with Gasteiger partial charge in [0.1, 0.15) is 12.2 Å². The van der Waals surface area contributed by atoms with Gasteiger partial charge in [-0.1, -0.05) is 81.4 Å². The molecule has 0 saturated carbocycles. The number of aliphatic hydroxyl groups is 3. The van der Waals surface area contributed by atoms with Crippen molar-refractivity contribution in [3.63, 3.8) is 0 Å². The van der Waals surface area contributed by atoms with Crippen molar-refractivity contribution in [1.29, 1.82) is 0 Å². The fourth-order valence-electron chi connectivity index (χ4n) is 9.51. The van der Waals surface area contributed by atoms with Crippen LogP contribution in [0, 0.1) is 17.8 Å². The van der Waals surface area contributed by atoms with Crippen molar-refractivity contribution in [1.82, 2.24) is 15.1 Å². The van der Waals surface area contributed by atoms with E-state index in [0.717, 1.165) is 11.1 Å². The molecule has 2 amide bonds. The summed E-state index contributed by atoms with van der Waals surface area (Å²) in [6, 6.07) is 18.7. The lowest BCUT2D eigenvalue weighted by atomic mass is 9.77. The Balaban J connectivity index is 1.57. The topological polar surface area (TPSA) is 159 Å². The van der Waals surface area contributed by atoms with E-state index in [9.17, 15) is 24.9 Å². The summed E-state index contributed by atoms with van der Waals surface area (Å²) in [5.41, 5.74) is -0.677. The summed E-state index contributed by atoms with van der Waals surface area (Å²) in [5.74, 6) is -2.15. The first-order valence-corrected chi connectivity index (χ1v) is 21.4. The minimum absolute atomic E-state index is 0.0882. The lowest BCUT2D eigenvalue weighted by molar-refractivity contribution is -0.317. The molecule has 3 aliphatic heterocycles. The molecule has 0 radical (unpaired) electrons. The van der Waals surface area contributed by atoms with Gasteiger partial charge >= 0.3 is 0 Å². The van der Waals surface area contributed by atoms with Crippen molar-refractivity contribution in [3.8, 4) is 0 Å². The van der Waals surface area contributed by atoms with E-state index in [1.165, 1.54) is 7.11 Å². The highest BCUT2D eigenvalue weighted by atomic mass is 16.7. The van der Waals surface area contributed by atoms with Crippen molar-refractivity contribution < 1.29 is 48.6 Å². The number of likely N-dealkylation sites (N-methyl/N-ethyl adjacent to an activating group) is 1. The van der Waals surface area contributed by atoms with E-state index in [0.29, 0.717) is 19.4 Å². The number of rotatable bonds is 10. The lowest BCUT2D eigenvalue weighted by Gasteiger charge is -2.48. The van der Waals surface area contributed by atoms with E-state index in [1.54, 1.807) is 27.7 Å². The monoisotopic (exact) mass is 826 g/mol. The maximum Gasteiger partial charge on any atom is 0.227 e. The third-order valence-electron chi connectivity index (χ3n) is 12.8. The molecule has 0 spiro atoms. The number of hydrogen-bond donors (Lipinski definition) is 4. The van der Waals surface area contributed by atoms with Crippen molar-refractivity contribution in [2.24, 2.45) is 17.8 Å². The summed E-state index contributed by atoms with van der Waals surface area (Å²) in [5, 5.41) is 38.7. The Labute approximate surface area is 351 Å². The molecular weight excluding hydrogens is 755 g/mol. The standard InChI is InChI=1S/C46H71N3O10/c1-28-24-45(6,54)42(59-44-39(51)36(48(8)9)21-29(2)56-44)30(3)40(58-38-25-46(7,55-10)41(52)32(5)57-38)31(4)43(53)47-35(22-33-17-13-11-14-18-33)27-49(26-28)37(50)23-34-19-15-12-16-20-34/h11-20,28-32,35-36,38-42,44,51-52,54H,21-27H2,1-10H3,(H,47,53)/t28-,29-,30+,31-,32+,35?,36+,38?,39-,40+,41+,42-,44?,45-,46?/m1/s1. The third-order valence-corrected chi connectivity index (χ3v) is 12.8. The number of hydrogen-bond acceptors (Lipinski definition) is 11. The fraction of sp³-hybridized carbons (Fsp3) is 0.696. The zero-order valence-corrected chi connectivity index (χ0v) is 36.8. The van der Waals surface area contributed by atoms with Crippen LogP contribution in [0.5, 0.6) is 0 Å². The maximum atomic E-state index is 14.7. The van der Waals surface area contributed by atoms with Gasteiger partial charge in [-0.15, -0.1) is 0 Å². The van der Waals surface area contributed by atoms with E-state index < -0.39 is 72.2 Å². The number of nitrogens with one attached hydrogen (secondary N) is 1. The number of nitrogens with zero attached hydrogens (tertiary/aromatic N) is 2.